The van der Waals surface area contributed by atoms with Crippen LogP contribution in [0.25, 0.3) is 11.1 Å². The van der Waals surface area contributed by atoms with E-state index in [1.165, 1.54) is 7.11 Å². The van der Waals surface area contributed by atoms with Crippen molar-refractivity contribution >= 4 is 11.8 Å². The van der Waals surface area contributed by atoms with Crippen molar-refractivity contribution in [1.29, 1.82) is 0 Å². The van der Waals surface area contributed by atoms with Crippen molar-refractivity contribution in [3.8, 4) is 11.1 Å². The standard InChI is InChI=1S/C18H18O3/c1-21-18(20)12-11-17(19)13-14-7-9-16(10-8-14)15-5-3-2-4-6-15/h2-10H,11-13H2,1H3. The Hall–Kier alpha value is -2.42. The maximum Gasteiger partial charge on any atom is 0.305 e. The van der Waals surface area contributed by atoms with E-state index in [0.717, 1.165) is 16.7 Å². The van der Waals surface area contributed by atoms with Gasteiger partial charge >= 0.3 is 5.97 Å². The van der Waals surface area contributed by atoms with Crippen LogP contribution < -0.4 is 0 Å². The molecule has 0 atom stereocenters. The number of ketones is 1. The number of methoxy groups -OCH3 is 1. The molecule has 0 spiro atoms. The zero-order chi connectivity index (χ0) is 15.1. The largest absolute Gasteiger partial charge is 0.469 e. The Bertz CT molecular complexity index is 600. The molecule has 0 saturated carbocycles. The number of benzene rings is 2. The highest BCUT2D eigenvalue weighted by atomic mass is 16.5. The number of ether oxygens (including phenoxy) is 1. The lowest BCUT2D eigenvalue weighted by molar-refractivity contribution is -0.141. The van der Waals surface area contributed by atoms with Gasteiger partial charge in [0.1, 0.15) is 5.78 Å². The predicted molar refractivity (Wildman–Crippen MR) is 81.8 cm³/mol. The molecule has 3 nitrogen and oxygen atoms in total. The first-order valence-electron chi connectivity index (χ1n) is 6.92. The molecular weight excluding hydrogens is 264 g/mol. The van der Waals surface area contributed by atoms with Crippen molar-refractivity contribution in [3.05, 3.63) is 60.2 Å². The SMILES string of the molecule is COC(=O)CCC(=O)Cc1ccc(-c2ccccc2)cc1. The molecule has 2 aromatic carbocycles. The second-order valence-electron chi connectivity index (χ2n) is 4.85. The molecule has 0 bridgehead atoms. The number of carbonyl (C=O) groups is 2. The molecule has 0 N–H and O–H groups in total. The van der Waals surface area contributed by atoms with E-state index in [2.05, 4.69) is 16.9 Å². The molecule has 0 aliphatic rings. The molecule has 0 amide bonds. The number of hydrogen-bond acceptors (Lipinski definition) is 3. The lowest BCUT2D eigenvalue weighted by Crippen LogP contribution is -2.07. The van der Waals surface area contributed by atoms with Crippen molar-refractivity contribution in [1.82, 2.24) is 0 Å². The summed E-state index contributed by atoms with van der Waals surface area (Å²) in [6, 6.07) is 18.0. The Labute approximate surface area is 124 Å². The number of hydrogen-bond donors (Lipinski definition) is 0. The van der Waals surface area contributed by atoms with Crippen LogP contribution in [0.2, 0.25) is 0 Å². The van der Waals surface area contributed by atoms with Crippen LogP contribution in [-0.4, -0.2) is 18.9 Å². The summed E-state index contributed by atoms with van der Waals surface area (Å²) in [4.78, 5) is 22.8. The summed E-state index contributed by atoms with van der Waals surface area (Å²) in [7, 11) is 1.33. The van der Waals surface area contributed by atoms with E-state index < -0.39 is 0 Å². The Morgan fingerprint density at radius 1 is 0.857 bits per heavy atom. The van der Waals surface area contributed by atoms with Crippen LogP contribution in [0.15, 0.2) is 54.6 Å². The second kappa shape index (κ2) is 7.39. The van der Waals surface area contributed by atoms with Crippen LogP contribution in [0.5, 0.6) is 0 Å². The van der Waals surface area contributed by atoms with Crippen molar-refractivity contribution in [2.75, 3.05) is 7.11 Å². The van der Waals surface area contributed by atoms with E-state index in [4.69, 9.17) is 0 Å². The van der Waals surface area contributed by atoms with Gasteiger partial charge in [-0.2, -0.15) is 0 Å². The molecule has 0 heterocycles. The van der Waals surface area contributed by atoms with E-state index in [1.54, 1.807) is 0 Å². The van der Waals surface area contributed by atoms with Gasteiger partial charge in [-0.3, -0.25) is 9.59 Å². The Morgan fingerprint density at radius 3 is 2.10 bits per heavy atom. The Morgan fingerprint density at radius 2 is 1.48 bits per heavy atom. The molecule has 0 saturated heterocycles. The van der Waals surface area contributed by atoms with Gasteiger partial charge < -0.3 is 4.74 Å². The van der Waals surface area contributed by atoms with Crippen LogP contribution in [0.1, 0.15) is 18.4 Å². The van der Waals surface area contributed by atoms with Crippen LogP contribution in [0.4, 0.5) is 0 Å². The Balaban J connectivity index is 1.94. The summed E-state index contributed by atoms with van der Waals surface area (Å²) in [6.45, 7) is 0. The summed E-state index contributed by atoms with van der Waals surface area (Å²) >= 11 is 0. The number of carbonyl (C=O) groups excluding carboxylic acids is 2. The molecule has 0 fully saturated rings. The molecule has 0 unspecified atom stereocenters. The molecule has 2 rings (SSSR count). The van der Waals surface area contributed by atoms with Crippen molar-refractivity contribution in [3.63, 3.8) is 0 Å². The average molecular weight is 282 g/mol. The summed E-state index contributed by atoms with van der Waals surface area (Å²) in [5.74, 6) is -0.296. The third-order valence-corrected chi connectivity index (χ3v) is 3.30. The van der Waals surface area contributed by atoms with E-state index in [0.29, 0.717) is 6.42 Å². The van der Waals surface area contributed by atoms with E-state index in [9.17, 15) is 9.59 Å². The fourth-order valence-corrected chi connectivity index (χ4v) is 2.11. The molecule has 0 aliphatic heterocycles. The first-order chi connectivity index (χ1) is 10.2. The highest BCUT2D eigenvalue weighted by Crippen LogP contribution is 2.19. The lowest BCUT2D eigenvalue weighted by Gasteiger charge is -2.04. The van der Waals surface area contributed by atoms with E-state index >= 15 is 0 Å². The van der Waals surface area contributed by atoms with Gasteiger partial charge in [-0.1, -0.05) is 54.6 Å². The van der Waals surface area contributed by atoms with Crippen molar-refractivity contribution < 1.29 is 14.3 Å². The van der Waals surface area contributed by atoms with Gasteiger partial charge in [-0.05, 0) is 16.7 Å². The third-order valence-electron chi connectivity index (χ3n) is 3.30. The third kappa shape index (κ3) is 4.56. The molecule has 0 aromatic heterocycles. The zero-order valence-corrected chi connectivity index (χ0v) is 12.0. The minimum atomic E-state index is -0.345. The zero-order valence-electron chi connectivity index (χ0n) is 12.0. The second-order valence-corrected chi connectivity index (χ2v) is 4.85. The summed E-state index contributed by atoms with van der Waals surface area (Å²) in [5.41, 5.74) is 3.24. The van der Waals surface area contributed by atoms with E-state index in [1.807, 2.05) is 42.5 Å². The van der Waals surface area contributed by atoms with Crippen LogP contribution >= 0.6 is 0 Å². The average Bonchev–Trinajstić information content (AvgIpc) is 2.54. The smallest absolute Gasteiger partial charge is 0.305 e. The van der Waals surface area contributed by atoms with Gasteiger partial charge in [-0.25, -0.2) is 0 Å². The molecule has 0 radical (unpaired) electrons. The maximum absolute atomic E-state index is 11.8. The number of rotatable bonds is 6. The molecular formula is C18H18O3. The van der Waals surface area contributed by atoms with Crippen molar-refractivity contribution in [2.45, 2.75) is 19.3 Å². The first kappa shape index (κ1) is 15.0. The summed E-state index contributed by atoms with van der Waals surface area (Å²) in [6.07, 6.45) is 0.733. The highest BCUT2D eigenvalue weighted by Gasteiger charge is 2.08. The molecule has 3 heteroatoms. The number of Topliss-reactive ketones (excluding diaryl/α,β-unsaturated/α-hetero) is 1. The van der Waals surface area contributed by atoms with Gasteiger partial charge in [0.05, 0.1) is 13.5 Å². The monoisotopic (exact) mass is 282 g/mol. The first-order valence-corrected chi connectivity index (χ1v) is 6.92. The van der Waals surface area contributed by atoms with Crippen LogP contribution in [0, 0.1) is 0 Å². The van der Waals surface area contributed by atoms with Gasteiger partial charge in [0, 0.05) is 12.8 Å². The fraction of sp³-hybridized carbons (Fsp3) is 0.222. The minimum absolute atomic E-state index is 0.0489. The van der Waals surface area contributed by atoms with Gasteiger partial charge in [0.2, 0.25) is 0 Å². The van der Waals surface area contributed by atoms with Crippen LogP contribution in [-0.2, 0) is 20.7 Å². The normalized spacial score (nSPS) is 10.1. The van der Waals surface area contributed by atoms with Gasteiger partial charge in [0.15, 0.2) is 0 Å². The molecule has 108 valence electrons. The van der Waals surface area contributed by atoms with Crippen molar-refractivity contribution in [2.24, 2.45) is 0 Å². The van der Waals surface area contributed by atoms with Crippen LogP contribution in [0.3, 0.4) is 0 Å². The maximum atomic E-state index is 11.8. The van der Waals surface area contributed by atoms with Gasteiger partial charge in [-0.15, -0.1) is 0 Å². The summed E-state index contributed by atoms with van der Waals surface area (Å²) in [5, 5.41) is 0. The quantitative estimate of drug-likeness (QED) is 0.762. The lowest BCUT2D eigenvalue weighted by atomic mass is 10.0. The Kier molecular flexibility index (Phi) is 5.27. The topological polar surface area (TPSA) is 43.4 Å². The predicted octanol–water partition coefficient (Wildman–Crippen LogP) is 3.42. The molecule has 0 aliphatic carbocycles. The minimum Gasteiger partial charge on any atom is -0.469 e. The summed E-state index contributed by atoms with van der Waals surface area (Å²) < 4.78 is 4.52. The molecule has 21 heavy (non-hydrogen) atoms. The van der Waals surface area contributed by atoms with E-state index in [-0.39, 0.29) is 24.6 Å². The highest BCUT2D eigenvalue weighted by molar-refractivity contribution is 5.84. The fourth-order valence-electron chi connectivity index (χ4n) is 2.11. The molecule has 2 aromatic rings. The van der Waals surface area contributed by atoms with Gasteiger partial charge in [0.25, 0.3) is 0 Å². The number of esters is 1.